The lowest BCUT2D eigenvalue weighted by Crippen LogP contribution is -2.01. The second-order valence-corrected chi connectivity index (χ2v) is 2.79. The molecule has 1 heteroatoms. The number of unbranched alkanes of at least 4 members (excludes halogenated alkanes) is 1. The van der Waals surface area contributed by atoms with Crippen molar-refractivity contribution in [3.8, 4) is 11.8 Å². The molecule has 1 unspecified atom stereocenters. The largest absolute Gasteiger partial charge is 0.380 e. The second kappa shape index (κ2) is 6.69. The van der Waals surface area contributed by atoms with Gasteiger partial charge in [0.1, 0.15) is 6.10 Å². The van der Waals surface area contributed by atoms with Gasteiger partial charge in [-0.25, -0.2) is 0 Å². The van der Waals surface area contributed by atoms with Crippen LogP contribution in [0.5, 0.6) is 0 Å². The minimum Gasteiger partial charge on any atom is -0.380 e. The average molecular weight is 164 g/mol. The van der Waals surface area contributed by atoms with Crippen LogP contribution in [0.25, 0.3) is 0 Å². The van der Waals surface area contributed by atoms with Gasteiger partial charge in [0, 0.05) is 0 Å². The third kappa shape index (κ3) is 7.11. The van der Waals surface area contributed by atoms with E-state index in [1.807, 2.05) is 13.0 Å². The molecule has 0 aromatic heterocycles. The molecule has 1 nitrogen and oxygen atoms in total. The van der Waals surface area contributed by atoms with Crippen LogP contribution in [0, 0.1) is 11.8 Å². The van der Waals surface area contributed by atoms with Crippen molar-refractivity contribution in [1.82, 2.24) is 0 Å². The molecule has 0 rings (SSSR count). The van der Waals surface area contributed by atoms with Gasteiger partial charge in [0.25, 0.3) is 0 Å². The number of aliphatic hydroxyl groups excluding tert-OH is 1. The van der Waals surface area contributed by atoms with Gasteiger partial charge in [0.2, 0.25) is 0 Å². The SMILES string of the molecule is C=CCCCC(O)C#CC(=C)C. The molecule has 0 fully saturated rings. The van der Waals surface area contributed by atoms with Crippen LogP contribution in [0.1, 0.15) is 26.2 Å². The Balaban J connectivity index is 3.60. The third-order valence-electron chi connectivity index (χ3n) is 1.34. The van der Waals surface area contributed by atoms with E-state index in [1.165, 1.54) is 0 Å². The van der Waals surface area contributed by atoms with Crippen molar-refractivity contribution in [3.05, 3.63) is 24.8 Å². The Bertz CT molecular complexity index is 205. The fraction of sp³-hybridized carbons (Fsp3) is 0.455. The standard InChI is InChI=1S/C11H16O/c1-4-5-6-7-11(12)9-8-10(2)3/h4,11-12H,1-2,5-7H2,3H3. The summed E-state index contributed by atoms with van der Waals surface area (Å²) in [6.07, 6.45) is 3.92. The van der Waals surface area contributed by atoms with Crippen molar-refractivity contribution in [2.24, 2.45) is 0 Å². The lowest BCUT2D eigenvalue weighted by atomic mass is 10.1. The van der Waals surface area contributed by atoms with E-state index in [2.05, 4.69) is 25.0 Å². The van der Waals surface area contributed by atoms with Crippen LogP contribution in [-0.4, -0.2) is 11.2 Å². The molecule has 0 aromatic carbocycles. The monoisotopic (exact) mass is 164 g/mol. The summed E-state index contributed by atoms with van der Waals surface area (Å²) in [6.45, 7) is 9.05. The molecule has 0 aromatic rings. The van der Waals surface area contributed by atoms with Gasteiger partial charge >= 0.3 is 0 Å². The second-order valence-electron chi connectivity index (χ2n) is 2.79. The van der Waals surface area contributed by atoms with Crippen molar-refractivity contribution >= 4 is 0 Å². The lowest BCUT2D eigenvalue weighted by Gasteiger charge is -1.99. The van der Waals surface area contributed by atoms with Crippen molar-refractivity contribution < 1.29 is 5.11 Å². The van der Waals surface area contributed by atoms with Crippen molar-refractivity contribution in [1.29, 1.82) is 0 Å². The first-order valence-corrected chi connectivity index (χ1v) is 4.13. The molecule has 0 saturated heterocycles. The minimum absolute atomic E-state index is 0.512. The van der Waals surface area contributed by atoms with Crippen LogP contribution < -0.4 is 0 Å². The highest BCUT2D eigenvalue weighted by Crippen LogP contribution is 2.00. The van der Waals surface area contributed by atoms with E-state index in [9.17, 15) is 5.11 Å². The normalized spacial score (nSPS) is 11.2. The first-order valence-electron chi connectivity index (χ1n) is 4.13. The summed E-state index contributed by atoms with van der Waals surface area (Å²) >= 11 is 0. The molecular formula is C11H16O. The zero-order valence-corrected chi connectivity index (χ0v) is 7.64. The van der Waals surface area contributed by atoms with Gasteiger partial charge in [0.15, 0.2) is 0 Å². The summed E-state index contributed by atoms with van der Waals surface area (Å²) in [4.78, 5) is 0. The molecule has 0 bridgehead atoms. The summed E-state index contributed by atoms with van der Waals surface area (Å²) in [7, 11) is 0. The topological polar surface area (TPSA) is 20.2 Å². The Morgan fingerprint density at radius 3 is 2.83 bits per heavy atom. The summed E-state index contributed by atoms with van der Waals surface area (Å²) in [5, 5.41) is 9.28. The van der Waals surface area contributed by atoms with Gasteiger partial charge in [-0.2, -0.15) is 0 Å². The molecule has 12 heavy (non-hydrogen) atoms. The first kappa shape index (κ1) is 11.0. The maximum absolute atomic E-state index is 9.28. The predicted molar refractivity (Wildman–Crippen MR) is 52.6 cm³/mol. The van der Waals surface area contributed by atoms with Crippen LogP contribution in [-0.2, 0) is 0 Å². The Morgan fingerprint density at radius 1 is 1.67 bits per heavy atom. The molecule has 0 aliphatic carbocycles. The molecule has 0 radical (unpaired) electrons. The molecule has 1 N–H and O–H groups in total. The molecule has 0 heterocycles. The van der Waals surface area contributed by atoms with Crippen molar-refractivity contribution in [2.75, 3.05) is 0 Å². The highest BCUT2D eigenvalue weighted by molar-refractivity contribution is 5.24. The Kier molecular flexibility index (Phi) is 6.14. The van der Waals surface area contributed by atoms with Crippen LogP contribution >= 0.6 is 0 Å². The minimum atomic E-state index is -0.512. The van der Waals surface area contributed by atoms with Crippen LogP contribution in [0.15, 0.2) is 24.8 Å². The first-order chi connectivity index (χ1) is 5.66. The molecule has 0 aliphatic heterocycles. The highest BCUT2D eigenvalue weighted by atomic mass is 16.3. The van der Waals surface area contributed by atoms with E-state index in [-0.39, 0.29) is 0 Å². The summed E-state index contributed by atoms with van der Waals surface area (Å²) in [6, 6.07) is 0. The summed E-state index contributed by atoms with van der Waals surface area (Å²) in [5.74, 6) is 5.46. The van der Waals surface area contributed by atoms with Crippen molar-refractivity contribution in [3.63, 3.8) is 0 Å². The van der Waals surface area contributed by atoms with E-state index >= 15 is 0 Å². The van der Waals surface area contributed by atoms with E-state index in [0.717, 1.165) is 18.4 Å². The number of hydrogen-bond acceptors (Lipinski definition) is 1. The summed E-state index contributed by atoms with van der Waals surface area (Å²) in [5.41, 5.74) is 0.790. The van der Waals surface area contributed by atoms with Gasteiger partial charge in [-0.3, -0.25) is 0 Å². The fourth-order valence-electron chi connectivity index (χ4n) is 0.734. The molecule has 0 aliphatic rings. The van der Waals surface area contributed by atoms with Gasteiger partial charge in [0.05, 0.1) is 0 Å². The van der Waals surface area contributed by atoms with E-state index in [0.29, 0.717) is 6.42 Å². The number of aliphatic hydroxyl groups is 1. The lowest BCUT2D eigenvalue weighted by molar-refractivity contribution is 0.219. The third-order valence-corrected chi connectivity index (χ3v) is 1.34. The quantitative estimate of drug-likeness (QED) is 0.384. The van der Waals surface area contributed by atoms with E-state index < -0.39 is 6.10 Å². The maximum Gasteiger partial charge on any atom is 0.115 e. The Labute approximate surface area is 74.8 Å². The molecule has 66 valence electrons. The van der Waals surface area contributed by atoms with Gasteiger partial charge in [-0.1, -0.05) is 24.5 Å². The van der Waals surface area contributed by atoms with E-state index in [1.54, 1.807) is 0 Å². The van der Waals surface area contributed by atoms with Crippen molar-refractivity contribution in [2.45, 2.75) is 32.3 Å². The molecule has 1 atom stereocenters. The Hall–Kier alpha value is -1.00. The fourth-order valence-corrected chi connectivity index (χ4v) is 0.734. The van der Waals surface area contributed by atoms with Gasteiger partial charge in [-0.15, -0.1) is 6.58 Å². The van der Waals surface area contributed by atoms with Gasteiger partial charge in [-0.05, 0) is 31.8 Å². The van der Waals surface area contributed by atoms with E-state index in [4.69, 9.17) is 0 Å². The van der Waals surface area contributed by atoms with Crippen LogP contribution in [0.2, 0.25) is 0 Å². The number of hydrogen-bond donors (Lipinski definition) is 1. The smallest absolute Gasteiger partial charge is 0.115 e. The zero-order chi connectivity index (χ0) is 9.40. The maximum atomic E-state index is 9.28. The molecular weight excluding hydrogens is 148 g/mol. The number of rotatable bonds is 4. The molecule has 0 saturated carbocycles. The average Bonchev–Trinajstić information content (AvgIpc) is 2.01. The van der Waals surface area contributed by atoms with Crippen LogP contribution in [0.3, 0.4) is 0 Å². The molecule has 0 spiro atoms. The predicted octanol–water partition coefficient (Wildman–Crippen LogP) is 2.28. The number of allylic oxidation sites excluding steroid dienone is 2. The van der Waals surface area contributed by atoms with Crippen LogP contribution in [0.4, 0.5) is 0 Å². The zero-order valence-electron chi connectivity index (χ0n) is 7.64. The van der Waals surface area contributed by atoms with Gasteiger partial charge < -0.3 is 5.11 Å². The highest BCUT2D eigenvalue weighted by Gasteiger charge is 1.96. The molecule has 0 amide bonds. The Morgan fingerprint density at radius 2 is 2.33 bits per heavy atom. The summed E-state index contributed by atoms with van der Waals surface area (Å²) < 4.78 is 0.